The van der Waals surface area contributed by atoms with E-state index in [1.54, 1.807) is 0 Å². The van der Waals surface area contributed by atoms with E-state index in [9.17, 15) is 4.79 Å². The Kier molecular flexibility index (Phi) is 3.88. The molecule has 2 rings (SSSR count). The molecule has 2 saturated carbocycles. The Balaban J connectivity index is 1.84. The van der Waals surface area contributed by atoms with Gasteiger partial charge in [-0.3, -0.25) is 0 Å². The Morgan fingerprint density at radius 3 is 2.88 bits per heavy atom. The smallest absolute Gasteiger partial charge is 0.384 e. The van der Waals surface area contributed by atoms with Gasteiger partial charge in [-0.25, -0.2) is 4.79 Å². The molecule has 2 heteroatoms. The zero-order chi connectivity index (χ0) is 11.4. The zero-order valence-electron chi connectivity index (χ0n) is 10.00. The maximum absolute atomic E-state index is 11.1. The van der Waals surface area contributed by atoms with Gasteiger partial charge in [0.25, 0.3) is 0 Å². The molecule has 2 nitrogen and oxygen atoms in total. The minimum absolute atomic E-state index is 0.365. The third-order valence-electron chi connectivity index (χ3n) is 3.94. The lowest BCUT2D eigenvalue weighted by Crippen LogP contribution is -2.19. The average Bonchev–Trinajstić information content (AvgIpc) is 2.74. The van der Waals surface area contributed by atoms with Crippen molar-refractivity contribution in [2.45, 2.75) is 45.4 Å². The molecule has 0 heterocycles. The zero-order valence-corrected chi connectivity index (χ0v) is 10.00. The molecule has 2 aliphatic carbocycles. The molecule has 0 spiro atoms. The number of carbonyl (C=O) groups is 1. The largest absolute Gasteiger partial charge is 0.456 e. The lowest BCUT2D eigenvalue weighted by molar-refractivity contribution is -0.136. The van der Waals surface area contributed by atoms with Crippen LogP contribution in [-0.2, 0) is 9.53 Å². The summed E-state index contributed by atoms with van der Waals surface area (Å²) < 4.78 is 4.81. The number of fused-ring (bicyclic) bond motifs is 1. The SMILES string of the molecule is CCOC(=O)C#CC1CCC2CCCC2C1. The first-order valence-corrected chi connectivity index (χ1v) is 6.48. The van der Waals surface area contributed by atoms with Crippen LogP contribution in [0.3, 0.4) is 0 Å². The van der Waals surface area contributed by atoms with Crippen LogP contribution in [0.4, 0.5) is 0 Å². The van der Waals surface area contributed by atoms with Crippen molar-refractivity contribution >= 4 is 5.97 Å². The Morgan fingerprint density at radius 2 is 2.06 bits per heavy atom. The number of esters is 1. The van der Waals surface area contributed by atoms with Crippen LogP contribution < -0.4 is 0 Å². The van der Waals surface area contributed by atoms with Crippen molar-refractivity contribution in [1.29, 1.82) is 0 Å². The first kappa shape index (κ1) is 11.5. The van der Waals surface area contributed by atoms with Gasteiger partial charge in [0.05, 0.1) is 6.61 Å². The second kappa shape index (κ2) is 5.39. The maximum Gasteiger partial charge on any atom is 0.384 e. The number of carbonyl (C=O) groups excluding carboxylic acids is 1. The standard InChI is InChI=1S/C14H20O2/c1-2-16-14(15)9-7-11-6-8-12-4-3-5-13(12)10-11/h11-13H,2-6,8,10H2,1H3. The van der Waals surface area contributed by atoms with Crippen molar-refractivity contribution in [2.24, 2.45) is 17.8 Å². The molecule has 0 aromatic heterocycles. The van der Waals surface area contributed by atoms with E-state index in [1.165, 1.54) is 38.5 Å². The van der Waals surface area contributed by atoms with Gasteiger partial charge in [0.1, 0.15) is 0 Å². The van der Waals surface area contributed by atoms with Gasteiger partial charge >= 0.3 is 5.97 Å². The van der Waals surface area contributed by atoms with E-state index < -0.39 is 0 Å². The highest BCUT2D eigenvalue weighted by atomic mass is 16.5. The van der Waals surface area contributed by atoms with Crippen LogP contribution in [0.2, 0.25) is 0 Å². The van der Waals surface area contributed by atoms with Crippen LogP contribution >= 0.6 is 0 Å². The molecule has 3 unspecified atom stereocenters. The highest BCUT2D eigenvalue weighted by Crippen LogP contribution is 2.43. The molecule has 0 radical (unpaired) electrons. The minimum Gasteiger partial charge on any atom is -0.456 e. The molecule has 0 bridgehead atoms. The minimum atomic E-state index is -0.365. The third kappa shape index (κ3) is 2.78. The number of rotatable bonds is 1. The molecule has 0 aromatic carbocycles. The lowest BCUT2D eigenvalue weighted by Gasteiger charge is -2.28. The summed E-state index contributed by atoms with van der Waals surface area (Å²) in [7, 11) is 0. The maximum atomic E-state index is 11.1. The first-order chi connectivity index (χ1) is 7.79. The van der Waals surface area contributed by atoms with Crippen LogP contribution in [0.5, 0.6) is 0 Å². The first-order valence-electron chi connectivity index (χ1n) is 6.48. The van der Waals surface area contributed by atoms with Crippen LogP contribution in [0.1, 0.15) is 45.4 Å². The molecule has 2 aliphatic rings. The number of hydrogen-bond acceptors (Lipinski definition) is 2. The Hall–Kier alpha value is -0.970. The summed E-state index contributed by atoms with van der Waals surface area (Å²) in [6, 6.07) is 0. The summed E-state index contributed by atoms with van der Waals surface area (Å²) in [6.45, 7) is 2.23. The van der Waals surface area contributed by atoms with Gasteiger partial charge < -0.3 is 4.74 Å². The predicted molar refractivity (Wildman–Crippen MR) is 62.6 cm³/mol. The van der Waals surface area contributed by atoms with Crippen molar-refractivity contribution < 1.29 is 9.53 Å². The molecule has 0 aromatic rings. The molecule has 0 N–H and O–H groups in total. The number of ether oxygens (including phenoxy) is 1. The molecule has 3 atom stereocenters. The molecule has 16 heavy (non-hydrogen) atoms. The van der Waals surface area contributed by atoms with Crippen molar-refractivity contribution in [3.05, 3.63) is 0 Å². The van der Waals surface area contributed by atoms with Crippen molar-refractivity contribution in [3.8, 4) is 11.8 Å². The Morgan fingerprint density at radius 1 is 1.25 bits per heavy atom. The molecule has 0 saturated heterocycles. The second-order valence-electron chi connectivity index (χ2n) is 4.95. The fourth-order valence-corrected chi connectivity index (χ4v) is 3.16. The van der Waals surface area contributed by atoms with Gasteiger partial charge in [-0.1, -0.05) is 25.2 Å². The highest BCUT2D eigenvalue weighted by Gasteiger charge is 2.33. The summed E-state index contributed by atoms with van der Waals surface area (Å²) in [5, 5.41) is 0. The second-order valence-corrected chi connectivity index (χ2v) is 4.95. The highest BCUT2D eigenvalue weighted by molar-refractivity contribution is 5.88. The van der Waals surface area contributed by atoms with Gasteiger partial charge in [-0.15, -0.1) is 0 Å². The molecule has 2 fully saturated rings. The number of hydrogen-bond donors (Lipinski definition) is 0. The fraction of sp³-hybridized carbons (Fsp3) is 0.786. The van der Waals surface area contributed by atoms with Gasteiger partial charge in [0, 0.05) is 11.8 Å². The van der Waals surface area contributed by atoms with E-state index in [1.807, 2.05) is 6.92 Å². The molecular weight excluding hydrogens is 200 g/mol. The van der Waals surface area contributed by atoms with Crippen molar-refractivity contribution in [2.75, 3.05) is 6.61 Å². The summed E-state index contributed by atoms with van der Waals surface area (Å²) in [6.07, 6.45) is 7.88. The quantitative estimate of drug-likeness (QED) is 0.386. The van der Waals surface area contributed by atoms with Crippen molar-refractivity contribution in [3.63, 3.8) is 0 Å². The van der Waals surface area contributed by atoms with Gasteiger partial charge in [-0.2, -0.15) is 0 Å². The van der Waals surface area contributed by atoms with E-state index in [4.69, 9.17) is 4.74 Å². The molecular formula is C14H20O2. The summed E-state index contributed by atoms with van der Waals surface area (Å²) >= 11 is 0. The summed E-state index contributed by atoms with van der Waals surface area (Å²) in [5.41, 5.74) is 0. The van der Waals surface area contributed by atoms with E-state index in [-0.39, 0.29) is 5.97 Å². The third-order valence-corrected chi connectivity index (χ3v) is 3.94. The normalized spacial score (nSPS) is 32.4. The topological polar surface area (TPSA) is 26.3 Å². The Labute approximate surface area is 97.7 Å². The predicted octanol–water partition coefficient (Wildman–Crippen LogP) is 2.77. The van der Waals surface area contributed by atoms with E-state index in [0.29, 0.717) is 12.5 Å². The van der Waals surface area contributed by atoms with Crippen LogP contribution in [-0.4, -0.2) is 12.6 Å². The van der Waals surface area contributed by atoms with E-state index >= 15 is 0 Å². The fourth-order valence-electron chi connectivity index (χ4n) is 3.16. The average molecular weight is 220 g/mol. The monoisotopic (exact) mass is 220 g/mol. The van der Waals surface area contributed by atoms with E-state index in [2.05, 4.69) is 11.8 Å². The van der Waals surface area contributed by atoms with Crippen molar-refractivity contribution in [1.82, 2.24) is 0 Å². The molecule has 0 aliphatic heterocycles. The lowest BCUT2D eigenvalue weighted by atomic mass is 9.76. The molecule has 0 amide bonds. The Bertz CT molecular complexity index is 310. The van der Waals surface area contributed by atoms with Crippen LogP contribution in [0.25, 0.3) is 0 Å². The van der Waals surface area contributed by atoms with Crippen LogP contribution in [0.15, 0.2) is 0 Å². The van der Waals surface area contributed by atoms with E-state index in [0.717, 1.165) is 11.8 Å². The summed E-state index contributed by atoms with van der Waals surface area (Å²) in [4.78, 5) is 11.1. The van der Waals surface area contributed by atoms with Crippen LogP contribution in [0, 0.1) is 29.6 Å². The van der Waals surface area contributed by atoms with Gasteiger partial charge in [0.15, 0.2) is 0 Å². The summed E-state index contributed by atoms with van der Waals surface area (Å²) in [5.74, 6) is 7.63. The molecule has 88 valence electrons. The van der Waals surface area contributed by atoms with Gasteiger partial charge in [0.2, 0.25) is 0 Å². The van der Waals surface area contributed by atoms with Gasteiger partial charge in [-0.05, 0) is 38.0 Å².